The quantitative estimate of drug-likeness (QED) is 0.819. The van der Waals surface area contributed by atoms with E-state index >= 15 is 0 Å². The number of ether oxygens (including phenoxy) is 1. The highest BCUT2D eigenvalue weighted by Crippen LogP contribution is 2.31. The summed E-state index contributed by atoms with van der Waals surface area (Å²) in [6.07, 6.45) is 1.31. The number of hydrogen-bond donors (Lipinski definition) is 1. The fourth-order valence-corrected chi connectivity index (χ4v) is 4.15. The van der Waals surface area contributed by atoms with Crippen molar-refractivity contribution in [3.05, 3.63) is 53.6 Å². The lowest BCUT2D eigenvalue weighted by Crippen LogP contribution is -2.28. The topological polar surface area (TPSA) is 61.9 Å². The van der Waals surface area contributed by atoms with Gasteiger partial charge >= 0.3 is 0 Å². The Balaban J connectivity index is 1.38. The van der Waals surface area contributed by atoms with E-state index < -0.39 is 0 Å². The highest BCUT2D eigenvalue weighted by atomic mass is 16.5. The molecular formula is C23H27N3O3. The van der Waals surface area contributed by atoms with Crippen molar-refractivity contribution in [2.45, 2.75) is 26.3 Å². The van der Waals surface area contributed by atoms with Gasteiger partial charge in [0.1, 0.15) is 5.75 Å². The molecule has 0 spiro atoms. The number of likely N-dealkylation sites (N-methyl/N-ethyl adjacent to an activating group) is 1. The molecule has 0 radical (unpaired) electrons. The zero-order valence-corrected chi connectivity index (χ0v) is 17.0. The second-order valence-electron chi connectivity index (χ2n) is 7.69. The van der Waals surface area contributed by atoms with Crippen LogP contribution in [0, 0.1) is 5.92 Å². The maximum atomic E-state index is 12.8. The molecule has 1 N–H and O–H groups in total. The molecule has 2 aromatic rings. The molecule has 152 valence electrons. The molecule has 4 rings (SSSR count). The minimum Gasteiger partial charge on any atom is -0.497 e. The highest BCUT2D eigenvalue weighted by molar-refractivity contribution is 5.97. The molecule has 2 aliphatic heterocycles. The van der Waals surface area contributed by atoms with Gasteiger partial charge in [-0.25, -0.2) is 0 Å². The SMILES string of the molecule is CCN1CCc2ccc(NC(=O)C3CC(=O)N(Cc4ccc(OC)cc4)C3)cc21. The Morgan fingerprint density at radius 3 is 2.69 bits per heavy atom. The summed E-state index contributed by atoms with van der Waals surface area (Å²) in [5, 5.41) is 3.02. The van der Waals surface area contributed by atoms with Gasteiger partial charge in [0.25, 0.3) is 0 Å². The normalized spacial score (nSPS) is 18.1. The Kier molecular flexibility index (Phi) is 5.43. The van der Waals surface area contributed by atoms with Crippen LogP contribution in [0.3, 0.4) is 0 Å². The Morgan fingerprint density at radius 2 is 1.97 bits per heavy atom. The molecule has 2 aliphatic rings. The lowest BCUT2D eigenvalue weighted by Gasteiger charge is -2.18. The predicted molar refractivity (Wildman–Crippen MR) is 113 cm³/mol. The number of anilines is 2. The largest absolute Gasteiger partial charge is 0.497 e. The van der Waals surface area contributed by atoms with E-state index in [9.17, 15) is 9.59 Å². The Hall–Kier alpha value is -3.02. The Bertz CT molecular complexity index is 910. The van der Waals surface area contributed by atoms with E-state index in [4.69, 9.17) is 4.74 Å². The average molecular weight is 393 g/mol. The summed E-state index contributed by atoms with van der Waals surface area (Å²) in [7, 11) is 1.63. The van der Waals surface area contributed by atoms with Crippen LogP contribution in [0.15, 0.2) is 42.5 Å². The van der Waals surface area contributed by atoms with Gasteiger partial charge in [0.05, 0.1) is 13.0 Å². The van der Waals surface area contributed by atoms with Crippen molar-refractivity contribution in [2.75, 3.05) is 37.0 Å². The van der Waals surface area contributed by atoms with Gasteiger partial charge in [-0.2, -0.15) is 0 Å². The van der Waals surface area contributed by atoms with Crippen molar-refractivity contribution in [3.8, 4) is 5.75 Å². The molecule has 0 aliphatic carbocycles. The molecule has 2 heterocycles. The summed E-state index contributed by atoms with van der Waals surface area (Å²) in [4.78, 5) is 29.3. The number of fused-ring (bicyclic) bond motifs is 1. The van der Waals surface area contributed by atoms with Gasteiger partial charge in [-0.15, -0.1) is 0 Å². The first-order chi connectivity index (χ1) is 14.1. The minimum absolute atomic E-state index is 0.0204. The number of methoxy groups -OCH3 is 1. The van der Waals surface area contributed by atoms with E-state index in [1.807, 2.05) is 30.3 Å². The van der Waals surface area contributed by atoms with Crippen LogP contribution in [0.1, 0.15) is 24.5 Å². The summed E-state index contributed by atoms with van der Waals surface area (Å²) in [6.45, 7) is 5.09. The third-order valence-corrected chi connectivity index (χ3v) is 5.84. The van der Waals surface area contributed by atoms with Crippen molar-refractivity contribution in [1.29, 1.82) is 0 Å². The number of amides is 2. The van der Waals surface area contributed by atoms with Crippen LogP contribution in [0.25, 0.3) is 0 Å². The Morgan fingerprint density at radius 1 is 1.17 bits per heavy atom. The average Bonchev–Trinajstić information content (AvgIpc) is 3.31. The first-order valence-corrected chi connectivity index (χ1v) is 10.2. The number of benzene rings is 2. The zero-order valence-electron chi connectivity index (χ0n) is 17.0. The van der Waals surface area contributed by atoms with Gasteiger partial charge in [0, 0.05) is 44.0 Å². The lowest BCUT2D eigenvalue weighted by atomic mass is 10.1. The van der Waals surface area contributed by atoms with Gasteiger partial charge in [0.2, 0.25) is 11.8 Å². The first kappa shape index (κ1) is 19.3. The molecule has 2 aromatic carbocycles. The molecule has 0 bridgehead atoms. The highest BCUT2D eigenvalue weighted by Gasteiger charge is 2.34. The van der Waals surface area contributed by atoms with Crippen LogP contribution in [-0.4, -0.2) is 43.5 Å². The van der Waals surface area contributed by atoms with E-state index in [0.29, 0.717) is 13.1 Å². The van der Waals surface area contributed by atoms with Gasteiger partial charge in [-0.05, 0) is 48.7 Å². The molecule has 1 fully saturated rings. The first-order valence-electron chi connectivity index (χ1n) is 10.2. The number of carbonyl (C=O) groups excluding carboxylic acids is 2. The monoisotopic (exact) mass is 393 g/mol. The fraction of sp³-hybridized carbons (Fsp3) is 0.391. The molecule has 6 heteroatoms. The molecule has 1 saturated heterocycles. The molecule has 1 unspecified atom stereocenters. The third kappa shape index (κ3) is 4.06. The molecular weight excluding hydrogens is 366 g/mol. The molecule has 6 nitrogen and oxygen atoms in total. The third-order valence-electron chi connectivity index (χ3n) is 5.84. The summed E-state index contributed by atoms with van der Waals surface area (Å²) in [5.41, 5.74) is 4.36. The zero-order chi connectivity index (χ0) is 20.4. The van der Waals surface area contributed by atoms with Crippen molar-refractivity contribution >= 4 is 23.2 Å². The summed E-state index contributed by atoms with van der Waals surface area (Å²) in [5.74, 6) is 0.398. The maximum absolute atomic E-state index is 12.8. The molecule has 29 heavy (non-hydrogen) atoms. The lowest BCUT2D eigenvalue weighted by molar-refractivity contribution is -0.128. The van der Waals surface area contributed by atoms with Crippen molar-refractivity contribution < 1.29 is 14.3 Å². The van der Waals surface area contributed by atoms with E-state index in [2.05, 4.69) is 29.3 Å². The molecule has 1 atom stereocenters. The van der Waals surface area contributed by atoms with Gasteiger partial charge in [-0.1, -0.05) is 18.2 Å². The van der Waals surface area contributed by atoms with Gasteiger partial charge < -0.3 is 19.9 Å². The molecule has 0 aromatic heterocycles. The van der Waals surface area contributed by atoms with E-state index in [-0.39, 0.29) is 24.2 Å². The second-order valence-corrected chi connectivity index (χ2v) is 7.69. The fourth-order valence-electron chi connectivity index (χ4n) is 4.15. The standard InChI is InChI=1S/C23H27N3O3/c1-3-25-11-10-17-6-7-19(13-21(17)25)24-23(28)18-12-22(27)26(15-18)14-16-4-8-20(29-2)9-5-16/h4-9,13,18H,3,10-12,14-15H2,1-2H3,(H,24,28). The van der Waals surface area contributed by atoms with E-state index in [1.54, 1.807) is 12.0 Å². The molecule has 2 amide bonds. The van der Waals surface area contributed by atoms with Crippen molar-refractivity contribution in [2.24, 2.45) is 5.92 Å². The Labute approximate surface area is 171 Å². The number of likely N-dealkylation sites (tertiary alicyclic amines) is 1. The van der Waals surface area contributed by atoms with E-state index in [0.717, 1.165) is 36.5 Å². The van der Waals surface area contributed by atoms with Crippen LogP contribution in [-0.2, 0) is 22.6 Å². The van der Waals surface area contributed by atoms with Crippen LogP contribution < -0.4 is 15.0 Å². The number of carbonyl (C=O) groups is 2. The number of rotatable bonds is 6. The summed E-state index contributed by atoms with van der Waals surface area (Å²) < 4.78 is 5.17. The van der Waals surface area contributed by atoms with Crippen LogP contribution >= 0.6 is 0 Å². The maximum Gasteiger partial charge on any atom is 0.229 e. The summed E-state index contributed by atoms with van der Waals surface area (Å²) >= 11 is 0. The van der Waals surface area contributed by atoms with Crippen molar-refractivity contribution in [1.82, 2.24) is 4.90 Å². The molecule has 0 saturated carbocycles. The smallest absolute Gasteiger partial charge is 0.229 e. The number of nitrogens with zero attached hydrogens (tertiary/aromatic N) is 2. The van der Waals surface area contributed by atoms with Crippen molar-refractivity contribution in [3.63, 3.8) is 0 Å². The predicted octanol–water partition coefficient (Wildman–Crippen LogP) is 3.06. The van der Waals surface area contributed by atoms with Crippen LogP contribution in [0.4, 0.5) is 11.4 Å². The van der Waals surface area contributed by atoms with Crippen LogP contribution in [0.5, 0.6) is 5.75 Å². The van der Waals surface area contributed by atoms with Gasteiger partial charge in [0.15, 0.2) is 0 Å². The van der Waals surface area contributed by atoms with Crippen LogP contribution in [0.2, 0.25) is 0 Å². The van der Waals surface area contributed by atoms with E-state index in [1.165, 1.54) is 11.3 Å². The summed E-state index contributed by atoms with van der Waals surface area (Å²) in [6, 6.07) is 13.8. The minimum atomic E-state index is -0.323. The number of nitrogens with one attached hydrogen (secondary N) is 1. The second kappa shape index (κ2) is 8.15. The van der Waals surface area contributed by atoms with Gasteiger partial charge in [-0.3, -0.25) is 9.59 Å². The number of hydrogen-bond acceptors (Lipinski definition) is 4.